The second kappa shape index (κ2) is 10.9. The normalized spacial score (nSPS) is 13.9. The van der Waals surface area contributed by atoms with Gasteiger partial charge in [0.1, 0.15) is 5.84 Å². The predicted molar refractivity (Wildman–Crippen MR) is 133 cm³/mol. The first-order valence-corrected chi connectivity index (χ1v) is 11.9. The van der Waals surface area contributed by atoms with Gasteiger partial charge in [-0.2, -0.15) is 10.3 Å². The summed E-state index contributed by atoms with van der Waals surface area (Å²) in [6.07, 6.45) is 4.53. The molecule has 2 aromatic rings. The van der Waals surface area contributed by atoms with E-state index in [0.717, 1.165) is 24.0 Å². The van der Waals surface area contributed by atoms with Crippen molar-refractivity contribution in [3.05, 3.63) is 57.8 Å². The Morgan fingerprint density at radius 1 is 1.20 bits per heavy atom. The maximum Gasteiger partial charge on any atom is 0.222 e. The number of amidine groups is 1. The molecule has 1 aromatic heterocycles. The lowest BCUT2D eigenvalue weighted by atomic mass is 9.91. The molecule has 5 nitrogen and oxygen atoms in total. The molecule has 30 heavy (non-hydrogen) atoms. The van der Waals surface area contributed by atoms with E-state index in [-0.39, 0.29) is 11.3 Å². The van der Waals surface area contributed by atoms with Gasteiger partial charge in [-0.1, -0.05) is 51.1 Å². The Kier molecular flexibility index (Phi) is 8.86. The molecular weight excluding hydrogens is 507 g/mol. The summed E-state index contributed by atoms with van der Waals surface area (Å²) in [6, 6.07) is 12.2. The number of hydrogen-bond acceptors (Lipinski definition) is 4. The lowest BCUT2D eigenvalue weighted by Gasteiger charge is -2.42. The van der Waals surface area contributed by atoms with Gasteiger partial charge in [-0.05, 0) is 64.9 Å². The van der Waals surface area contributed by atoms with E-state index < -0.39 is 3.67 Å². The first kappa shape index (κ1) is 24.4. The number of aliphatic imine (C=N–C) groups is 1. The molecule has 0 saturated heterocycles. The van der Waals surface area contributed by atoms with Crippen LogP contribution < -0.4 is 10.6 Å². The Balaban J connectivity index is 2.09. The Bertz CT molecular complexity index is 912. The van der Waals surface area contributed by atoms with Gasteiger partial charge in [-0.3, -0.25) is 4.79 Å². The van der Waals surface area contributed by atoms with Crippen LogP contribution in [-0.2, 0) is 17.6 Å². The molecule has 0 radical (unpaired) electrons. The van der Waals surface area contributed by atoms with Crippen LogP contribution in [0, 0.1) is 23.8 Å². The van der Waals surface area contributed by atoms with Gasteiger partial charge in [-0.15, -0.1) is 11.3 Å². The standard InChI is InChI=1S/C23H29IN4OS/c1-17-9-5-6-10-18(17)15-20(26-16-25)27-23(24,22(2,3)4)28-21(29)13-7-11-19-12-8-14-30-19/h5-6,8-10,12,14H,7,11,13,15H2,1-4H3,(H,26,27)(H,28,29). The molecule has 1 amide bonds. The van der Waals surface area contributed by atoms with E-state index in [4.69, 9.17) is 0 Å². The molecule has 0 aliphatic carbocycles. The second-order valence-corrected chi connectivity index (χ2v) is 10.9. The Morgan fingerprint density at radius 2 is 1.93 bits per heavy atom. The number of nitrogens with one attached hydrogen (secondary N) is 2. The number of nitriles is 1. The predicted octanol–water partition coefficient (Wildman–Crippen LogP) is 5.34. The molecule has 0 spiro atoms. The molecule has 2 N–H and O–H groups in total. The maximum atomic E-state index is 12.7. The van der Waals surface area contributed by atoms with Crippen molar-refractivity contribution in [2.24, 2.45) is 10.4 Å². The van der Waals surface area contributed by atoms with Crippen molar-refractivity contribution in [1.29, 1.82) is 5.26 Å². The monoisotopic (exact) mass is 536 g/mol. The molecule has 0 bridgehead atoms. The van der Waals surface area contributed by atoms with Gasteiger partial charge in [0, 0.05) is 23.1 Å². The number of amides is 1. The van der Waals surface area contributed by atoms with Gasteiger partial charge in [0.25, 0.3) is 0 Å². The van der Waals surface area contributed by atoms with Crippen LogP contribution >= 0.6 is 33.9 Å². The van der Waals surface area contributed by atoms with Crippen LogP contribution in [0.1, 0.15) is 49.6 Å². The summed E-state index contributed by atoms with van der Waals surface area (Å²) >= 11 is 3.95. The van der Waals surface area contributed by atoms with E-state index in [2.05, 4.69) is 70.4 Å². The molecular formula is C23H29IN4OS. The van der Waals surface area contributed by atoms with Crippen molar-refractivity contribution in [2.75, 3.05) is 0 Å². The summed E-state index contributed by atoms with van der Waals surface area (Å²) in [5, 5.41) is 17.8. The summed E-state index contributed by atoms with van der Waals surface area (Å²) in [6.45, 7) is 8.19. The third-order valence-electron chi connectivity index (χ3n) is 4.87. The van der Waals surface area contributed by atoms with Crippen LogP contribution in [0.3, 0.4) is 0 Å². The summed E-state index contributed by atoms with van der Waals surface area (Å²) in [5.74, 6) is 0.519. The van der Waals surface area contributed by atoms with Crippen LogP contribution in [-0.4, -0.2) is 15.4 Å². The molecule has 0 saturated carbocycles. The number of rotatable bonds is 8. The molecule has 0 fully saturated rings. The number of benzene rings is 1. The molecule has 2 rings (SSSR count). The van der Waals surface area contributed by atoms with Crippen molar-refractivity contribution in [3.63, 3.8) is 0 Å². The van der Waals surface area contributed by atoms with Crippen molar-refractivity contribution < 1.29 is 4.79 Å². The van der Waals surface area contributed by atoms with Gasteiger partial charge in [0.05, 0.1) is 0 Å². The molecule has 1 aromatic carbocycles. The van der Waals surface area contributed by atoms with Crippen molar-refractivity contribution in [2.45, 2.75) is 57.0 Å². The zero-order valence-corrected chi connectivity index (χ0v) is 20.9. The quantitative estimate of drug-likeness (QED) is 0.0910. The molecule has 160 valence electrons. The number of aryl methyl sites for hydroxylation is 2. The molecule has 0 aliphatic rings. The van der Waals surface area contributed by atoms with Crippen LogP contribution in [0.4, 0.5) is 0 Å². The van der Waals surface area contributed by atoms with Gasteiger partial charge >= 0.3 is 0 Å². The van der Waals surface area contributed by atoms with E-state index in [0.29, 0.717) is 18.7 Å². The average molecular weight is 536 g/mol. The Morgan fingerprint density at radius 3 is 2.53 bits per heavy atom. The first-order valence-electron chi connectivity index (χ1n) is 9.95. The number of carbonyl (C=O) groups excluding carboxylic acids is 1. The molecule has 1 unspecified atom stereocenters. The summed E-state index contributed by atoms with van der Waals surface area (Å²) in [4.78, 5) is 18.0. The SMILES string of the molecule is Cc1ccccc1CC(=NC#N)NC(I)(NC(=O)CCCc1cccs1)C(C)(C)C. The maximum absolute atomic E-state index is 12.7. The van der Waals surface area contributed by atoms with Crippen molar-refractivity contribution in [1.82, 2.24) is 10.6 Å². The smallest absolute Gasteiger partial charge is 0.222 e. The number of thiophene rings is 1. The number of alkyl halides is 1. The van der Waals surface area contributed by atoms with Crippen LogP contribution in [0.5, 0.6) is 0 Å². The molecule has 0 aliphatic heterocycles. The zero-order chi connectivity index (χ0) is 22.2. The van der Waals surface area contributed by atoms with E-state index >= 15 is 0 Å². The van der Waals surface area contributed by atoms with Gasteiger partial charge in [-0.25, -0.2) is 0 Å². The number of halogens is 1. The summed E-state index contributed by atoms with van der Waals surface area (Å²) < 4.78 is -0.789. The van der Waals surface area contributed by atoms with Crippen molar-refractivity contribution in [3.8, 4) is 6.19 Å². The number of nitrogens with zero attached hydrogens (tertiary/aromatic N) is 2. The third-order valence-corrected chi connectivity index (χ3v) is 7.97. The van der Waals surface area contributed by atoms with Gasteiger partial charge in [0.15, 0.2) is 3.67 Å². The largest absolute Gasteiger partial charge is 0.341 e. The van der Waals surface area contributed by atoms with E-state index in [1.807, 2.05) is 43.4 Å². The van der Waals surface area contributed by atoms with Crippen LogP contribution in [0.2, 0.25) is 0 Å². The van der Waals surface area contributed by atoms with Crippen LogP contribution in [0.15, 0.2) is 46.8 Å². The Hall–Kier alpha value is -1.92. The fourth-order valence-electron chi connectivity index (χ4n) is 2.90. The summed E-state index contributed by atoms with van der Waals surface area (Å²) in [5.41, 5.74) is 1.91. The highest BCUT2D eigenvalue weighted by Gasteiger charge is 2.41. The second-order valence-electron chi connectivity index (χ2n) is 8.28. The molecule has 1 heterocycles. The van der Waals surface area contributed by atoms with Gasteiger partial charge in [0.2, 0.25) is 12.1 Å². The van der Waals surface area contributed by atoms with E-state index in [1.54, 1.807) is 11.3 Å². The zero-order valence-electron chi connectivity index (χ0n) is 18.0. The first-order chi connectivity index (χ1) is 14.1. The topological polar surface area (TPSA) is 77.3 Å². The molecule has 1 atom stereocenters. The number of carbonyl (C=O) groups is 1. The minimum absolute atomic E-state index is 0.0180. The van der Waals surface area contributed by atoms with E-state index in [9.17, 15) is 10.1 Å². The lowest BCUT2D eigenvalue weighted by Crippen LogP contribution is -2.63. The lowest BCUT2D eigenvalue weighted by molar-refractivity contribution is -0.123. The summed E-state index contributed by atoms with van der Waals surface area (Å²) in [7, 11) is 0. The highest BCUT2D eigenvalue weighted by atomic mass is 127. The number of hydrogen-bond donors (Lipinski definition) is 2. The fraction of sp³-hybridized carbons (Fsp3) is 0.435. The Labute approximate surface area is 197 Å². The van der Waals surface area contributed by atoms with E-state index in [1.165, 1.54) is 4.88 Å². The van der Waals surface area contributed by atoms with Crippen molar-refractivity contribution >= 4 is 45.7 Å². The average Bonchev–Trinajstić information content (AvgIpc) is 3.16. The fourth-order valence-corrected chi connectivity index (χ4v) is 4.26. The third kappa shape index (κ3) is 7.10. The highest BCUT2D eigenvalue weighted by Crippen LogP contribution is 2.34. The highest BCUT2D eigenvalue weighted by molar-refractivity contribution is 14.1. The minimum atomic E-state index is -0.789. The van der Waals surface area contributed by atoms with Gasteiger partial charge < -0.3 is 10.6 Å². The minimum Gasteiger partial charge on any atom is -0.341 e. The molecule has 7 heteroatoms. The van der Waals surface area contributed by atoms with Crippen LogP contribution in [0.25, 0.3) is 0 Å².